The predicted octanol–water partition coefficient (Wildman–Crippen LogP) is 1.51. The molecule has 2 aromatic rings. The van der Waals surface area contributed by atoms with E-state index in [1.807, 2.05) is 29.2 Å². The second kappa shape index (κ2) is 7.16. The topological polar surface area (TPSA) is 82.7 Å². The molecular weight excluding hydrogens is 366 g/mol. The number of aromatic nitrogens is 1. The van der Waals surface area contributed by atoms with Crippen LogP contribution in [0.25, 0.3) is 10.9 Å². The Balaban J connectivity index is 1.38. The van der Waals surface area contributed by atoms with E-state index in [9.17, 15) is 13.2 Å². The molecule has 4 rings (SSSR count). The molecule has 2 aliphatic heterocycles. The van der Waals surface area contributed by atoms with Gasteiger partial charge in [-0.2, -0.15) is 0 Å². The molecule has 0 saturated carbocycles. The van der Waals surface area contributed by atoms with Gasteiger partial charge in [0.1, 0.15) is 21.3 Å². The highest BCUT2D eigenvalue weighted by Gasteiger charge is 2.31. The number of sulfone groups is 1. The lowest BCUT2D eigenvalue weighted by atomic mass is 10.1. The van der Waals surface area contributed by atoms with E-state index in [0.29, 0.717) is 37.7 Å². The van der Waals surface area contributed by atoms with Crippen LogP contribution >= 0.6 is 0 Å². The van der Waals surface area contributed by atoms with Crippen LogP contribution in [0.1, 0.15) is 23.3 Å². The van der Waals surface area contributed by atoms with E-state index in [1.54, 1.807) is 7.11 Å². The van der Waals surface area contributed by atoms with Gasteiger partial charge in [-0.3, -0.25) is 9.69 Å². The first-order valence-electron chi connectivity index (χ1n) is 9.36. The number of hydrogen-bond donors (Lipinski definition) is 1. The molecule has 0 radical (unpaired) electrons. The number of H-pyrrole nitrogens is 1. The minimum Gasteiger partial charge on any atom is -0.497 e. The number of nitrogens with zero attached hydrogens (tertiary/aromatic N) is 2. The van der Waals surface area contributed by atoms with Crippen molar-refractivity contribution in [3.8, 4) is 5.75 Å². The van der Waals surface area contributed by atoms with Gasteiger partial charge in [-0.25, -0.2) is 8.42 Å². The Hall–Kier alpha value is -2.06. The maximum atomic E-state index is 12.9. The van der Waals surface area contributed by atoms with Gasteiger partial charge in [0.15, 0.2) is 0 Å². The molecule has 0 unspecified atom stereocenters. The van der Waals surface area contributed by atoms with Gasteiger partial charge >= 0.3 is 0 Å². The average molecular weight is 391 g/mol. The largest absolute Gasteiger partial charge is 0.497 e. The Kier molecular flexibility index (Phi) is 4.86. The van der Waals surface area contributed by atoms with Crippen LogP contribution in [-0.4, -0.2) is 79.9 Å². The van der Waals surface area contributed by atoms with E-state index in [1.165, 1.54) is 0 Å². The van der Waals surface area contributed by atoms with Gasteiger partial charge in [0.05, 0.1) is 18.6 Å². The van der Waals surface area contributed by atoms with Crippen LogP contribution in [0.4, 0.5) is 0 Å². The highest BCUT2D eigenvalue weighted by molar-refractivity contribution is 7.91. The number of benzene rings is 1. The first-order valence-corrected chi connectivity index (χ1v) is 11.2. The van der Waals surface area contributed by atoms with Crippen molar-refractivity contribution < 1.29 is 17.9 Å². The number of amides is 1. The SMILES string of the molecule is COc1ccc2cc(C(=O)N3CCN(C4CCS(=O)(=O)CC4)CC3)[nH]c2c1. The summed E-state index contributed by atoms with van der Waals surface area (Å²) in [5.74, 6) is 1.34. The Labute approximate surface area is 159 Å². The summed E-state index contributed by atoms with van der Waals surface area (Å²) in [5.41, 5.74) is 1.48. The summed E-state index contributed by atoms with van der Waals surface area (Å²) in [6.45, 7) is 2.93. The van der Waals surface area contributed by atoms with Gasteiger partial charge in [-0.1, -0.05) is 0 Å². The molecule has 0 atom stereocenters. The molecule has 1 aromatic heterocycles. The van der Waals surface area contributed by atoms with Gasteiger partial charge in [0.25, 0.3) is 5.91 Å². The van der Waals surface area contributed by atoms with Crippen LogP contribution in [0.5, 0.6) is 5.75 Å². The lowest BCUT2D eigenvalue weighted by Gasteiger charge is -2.40. The molecule has 3 heterocycles. The normalized spacial score (nSPS) is 21.4. The molecule has 1 amide bonds. The average Bonchev–Trinajstić information content (AvgIpc) is 3.10. The number of ether oxygens (including phenoxy) is 1. The predicted molar refractivity (Wildman–Crippen MR) is 104 cm³/mol. The Morgan fingerprint density at radius 3 is 2.48 bits per heavy atom. The van der Waals surface area contributed by atoms with E-state index in [4.69, 9.17) is 4.74 Å². The van der Waals surface area contributed by atoms with Crippen molar-refractivity contribution in [2.45, 2.75) is 18.9 Å². The number of methoxy groups -OCH3 is 1. The lowest BCUT2D eigenvalue weighted by molar-refractivity contribution is 0.0553. The zero-order chi connectivity index (χ0) is 19.0. The summed E-state index contributed by atoms with van der Waals surface area (Å²) >= 11 is 0. The smallest absolute Gasteiger partial charge is 0.270 e. The second-order valence-electron chi connectivity index (χ2n) is 7.35. The van der Waals surface area contributed by atoms with Gasteiger partial charge in [-0.05, 0) is 31.0 Å². The number of fused-ring (bicyclic) bond motifs is 1. The fraction of sp³-hybridized carbons (Fsp3) is 0.526. The fourth-order valence-electron chi connectivity index (χ4n) is 4.05. The van der Waals surface area contributed by atoms with Crippen molar-refractivity contribution in [2.75, 3.05) is 44.8 Å². The molecule has 2 saturated heterocycles. The molecule has 2 fully saturated rings. The first-order chi connectivity index (χ1) is 12.9. The summed E-state index contributed by atoms with van der Waals surface area (Å²) in [4.78, 5) is 20.3. The highest BCUT2D eigenvalue weighted by Crippen LogP contribution is 2.23. The van der Waals surface area contributed by atoms with E-state index >= 15 is 0 Å². The molecular formula is C19H25N3O4S. The molecule has 2 aliphatic rings. The van der Waals surface area contributed by atoms with Crippen molar-refractivity contribution in [1.82, 2.24) is 14.8 Å². The van der Waals surface area contributed by atoms with Crippen molar-refractivity contribution in [3.63, 3.8) is 0 Å². The van der Waals surface area contributed by atoms with Crippen LogP contribution in [0.3, 0.4) is 0 Å². The number of piperazine rings is 1. The first kappa shape index (κ1) is 18.3. The molecule has 0 bridgehead atoms. The van der Waals surface area contributed by atoms with E-state index in [-0.39, 0.29) is 17.4 Å². The third-order valence-electron chi connectivity index (χ3n) is 5.70. The van der Waals surface area contributed by atoms with Crippen molar-refractivity contribution in [3.05, 3.63) is 30.0 Å². The fourth-order valence-corrected chi connectivity index (χ4v) is 5.52. The molecule has 1 aromatic carbocycles. The quantitative estimate of drug-likeness (QED) is 0.858. The molecule has 0 spiro atoms. The Morgan fingerprint density at radius 2 is 1.81 bits per heavy atom. The summed E-state index contributed by atoms with van der Waals surface area (Å²) in [7, 11) is -1.21. The molecule has 146 valence electrons. The maximum absolute atomic E-state index is 12.9. The number of aromatic amines is 1. The molecule has 8 heteroatoms. The molecule has 0 aliphatic carbocycles. The second-order valence-corrected chi connectivity index (χ2v) is 9.65. The zero-order valence-electron chi connectivity index (χ0n) is 15.5. The highest BCUT2D eigenvalue weighted by atomic mass is 32.2. The van der Waals surface area contributed by atoms with E-state index < -0.39 is 9.84 Å². The van der Waals surface area contributed by atoms with Crippen molar-refractivity contribution in [2.24, 2.45) is 0 Å². The summed E-state index contributed by atoms with van der Waals surface area (Å²) in [6.07, 6.45) is 1.42. The Bertz CT molecular complexity index is 931. The van der Waals surface area contributed by atoms with Crippen molar-refractivity contribution >= 4 is 26.6 Å². The number of carbonyl (C=O) groups excluding carboxylic acids is 1. The van der Waals surface area contributed by atoms with Crippen LogP contribution < -0.4 is 4.74 Å². The van der Waals surface area contributed by atoms with Gasteiger partial charge < -0.3 is 14.6 Å². The zero-order valence-corrected chi connectivity index (χ0v) is 16.3. The summed E-state index contributed by atoms with van der Waals surface area (Å²) < 4.78 is 28.4. The van der Waals surface area contributed by atoms with Crippen molar-refractivity contribution in [1.29, 1.82) is 0 Å². The van der Waals surface area contributed by atoms with Crippen LogP contribution in [-0.2, 0) is 9.84 Å². The number of hydrogen-bond acceptors (Lipinski definition) is 5. The number of carbonyl (C=O) groups is 1. The third kappa shape index (κ3) is 3.82. The van der Waals surface area contributed by atoms with Crippen LogP contribution in [0, 0.1) is 0 Å². The Morgan fingerprint density at radius 1 is 1.11 bits per heavy atom. The molecule has 27 heavy (non-hydrogen) atoms. The summed E-state index contributed by atoms with van der Waals surface area (Å²) in [6, 6.07) is 7.92. The minimum absolute atomic E-state index is 0.0102. The van der Waals surface area contributed by atoms with Gasteiger partial charge in [-0.15, -0.1) is 0 Å². The third-order valence-corrected chi connectivity index (χ3v) is 7.42. The number of rotatable bonds is 3. The van der Waals surface area contributed by atoms with E-state index in [2.05, 4.69) is 9.88 Å². The number of nitrogens with one attached hydrogen (secondary N) is 1. The molecule has 1 N–H and O–H groups in total. The molecule has 7 nitrogen and oxygen atoms in total. The maximum Gasteiger partial charge on any atom is 0.270 e. The van der Waals surface area contributed by atoms with E-state index in [0.717, 1.165) is 29.7 Å². The lowest BCUT2D eigenvalue weighted by Crippen LogP contribution is -2.53. The summed E-state index contributed by atoms with van der Waals surface area (Å²) in [5, 5.41) is 0.987. The van der Waals surface area contributed by atoms with Crippen LogP contribution in [0.2, 0.25) is 0 Å². The minimum atomic E-state index is -2.84. The van der Waals surface area contributed by atoms with Crippen LogP contribution in [0.15, 0.2) is 24.3 Å². The standard InChI is InChI=1S/C19H25N3O4S/c1-26-16-3-2-14-12-18(20-17(14)13-16)19(23)22-8-6-21(7-9-22)15-4-10-27(24,25)11-5-15/h2-3,12-13,15,20H,4-11H2,1H3. The van der Waals surface area contributed by atoms with Gasteiger partial charge in [0.2, 0.25) is 0 Å². The monoisotopic (exact) mass is 391 g/mol. The van der Waals surface area contributed by atoms with Gasteiger partial charge in [0, 0.05) is 49.2 Å².